The van der Waals surface area contributed by atoms with Gasteiger partial charge in [0, 0.05) is 12.5 Å². The highest BCUT2D eigenvalue weighted by Crippen LogP contribution is 2.06. The summed E-state index contributed by atoms with van der Waals surface area (Å²) in [6, 6.07) is 1.62. The number of rotatable bonds is 4. The van der Waals surface area contributed by atoms with Crippen molar-refractivity contribution in [1.82, 2.24) is 5.16 Å². The molecule has 4 nitrogen and oxygen atoms in total. The molecule has 0 atom stereocenters. The van der Waals surface area contributed by atoms with Crippen molar-refractivity contribution in [3.63, 3.8) is 0 Å². The number of aromatic nitrogens is 1. The zero-order chi connectivity index (χ0) is 9.68. The third-order valence-corrected chi connectivity index (χ3v) is 1.65. The number of carbonyl (C=O) groups excluding carboxylic acids is 1. The maximum atomic E-state index is 11.2. The second kappa shape index (κ2) is 4.64. The van der Waals surface area contributed by atoms with Gasteiger partial charge in [0.15, 0.2) is 5.82 Å². The van der Waals surface area contributed by atoms with Crippen LogP contribution in [0.1, 0.15) is 26.7 Å². The van der Waals surface area contributed by atoms with Gasteiger partial charge in [0.25, 0.3) is 0 Å². The first-order valence-electron chi connectivity index (χ1n) is 4.38. The molecule has 0 fully saturated rings. The van der Waals surface area contributed by atoms with Crippen molar-refractivity contribution in [2.45, 2.75) is 26.7 Å². The number of hydrogen-bond acceptors (Lipinski definition) is 3. The number of anilines is 1. The van der Waals surface area contributed by atoms with E-state index in [2.05, 4.69) is 28.8 Å². The van der Waals surface area contributed by atoms with Gasteiger partial charge in [0.05, 0.1) is 0 Å². The topological polar surface area (TPSA) is 55.1 Å². The Morgan fingerprint density at radius 2 is 2.46 bits per heavy atom. The third-order valence-electron chi connectivity index (χ3n) is 1.65. The second-order valence-corrected chi connectivity index (χ2v) is 3.37. The van der Waals surface area contributed by atoms with Crippen LogP contribution in [0.25, 0.3) is 0 Å². The smallest absolute Gasteiger partial charge is 0.225 e. The van der Waals surface area contributed by atoms with E-state index in [9.17, 15) is 4.79 Å². The van der Waals surface area contributed by atoms with E-state index in [4.69, 9.17) is 0 Å². The minimum atomic E-state index is -0.0115. The molecule has 0 aromatic carbocycles. The molecule has 4 heteroatoms. The minimum Gasteiger partial charge on any atom is -0.363 e. The summed E-state index contributed by atoms with van der Waals surface area (Å²) in [6.07, 6.45) is 2.85. The molecule has 0 aliphatic heterocycles. The summed E-state index contributed by atoms with van der Waals surface area (Å²) in [5.74, 6) is 1.01. The molecule has 1 aromatic heterocycles. The Morgan fingerprint density at radius 1 is 1.69 bits per heavy atom. The van der Waals surface area contributed by atoms with E-state index < -0.39 is 0 Å². The summed E-state index contributed by atoms with van der Waals surface area (Å²) in [5, 5.41) is 6.21. The molecule has 0 unspecified atom stereocenters. The number of hydrogen-bond donors (Lipinski definition) is 1. The third kappa shape index (κ3) is 3.73. The van der Waals surface area contributed by atoms with Crippen molar-refractivity contribution in [2.24, 2.45) is 5.92 Å². The van der Waals surface area contributed by atoms with E-state index in [0.29, 0.717) is 18.2 Å². The molecule has 0 saturated carbocycles. The molecule has 0 spiro atoms. The Labute approximate surface area is 77.3 Å². The Hall–Kier alpha value is -1.32. The molecule has 1 amide bonds. The van der Waals surface area contributed by atoms with E-state index in [1.807, 2.05) is 0 Å². The minimum absolute atomic E-state index is 0.0115. The Morgan fingerprint density at radius 3 is 3.00 bits per heavy atom. The molecule has 72 valence electrons. The molecular weight excluding hydrogens is 168 g/mol. The van der Waals surface area contributed by atoms with Crippen molar-refractivity contribution in [1.29, 1.82) is 0 Å². The van der Waals surface area contributed by atoms with Crippen LogP contribution >= 0.6 is 0 Å². The molecular formula is C9H14N2O2. The van der Waals surface area contributed by atoms with Gasteiger partial charge in [0.1, 0.15) is 6.26 Å². The van der Waals surface area contributed by atoms with Gasteiger partial charge in [-0.1, -0.05) is 19.0 Å². The molecule has 0 aliphatic carbocycles. The quantitative estimate of drug-likeness (QED) is 0.775. The standard InChI is InChI=1S/C9H14N2O2/c1-7(2)3-4-9(12)10-8-5-6-13-11-8/h5-7H,3-4H2,1-2H3,(H,10,11,12). The first-order valence-corrected chi connectivity index (χ1v) is 4.38. The number of carbonyl (C=O) groups is 1. The molecule has 1 heterocycles. The molecule has 0 radical (unpaired) electrons. The van der Waals surface area contributed by atoms with Gasteiger partial charge in [-0.3, -0.25) is 4.79 Å². The Bertz CT molecular complexity index is 255. The Balaban J connectivity index is 2.26. The lowest BCUT2D eigenvalue weighted by Gasteiger charge is -2.03. The first kappa shape index (κ1) is 9.77. The molecule has 1 N–H and O–H groups in total. The van der Waals surface area contributed by atoms with Crippen LogP contribution in [0, 0.1) is 5.92 Å². The fraction of sp³-hybridized carbons (Fsp3) is 0.556. The summed E-state index contributed by atoms with van der Waals surface area (Å²) in [6.45, 7) is 4.17. The largest absolute Gasteiger partial charge is 0.363 e. The van der Waals surface area contributed by atoms with Crippen LogP contribution in [0.5, 0.6) is 0 Å². The fourth-order valence-electron chi connectivity index (χ4n) is 0.902. The number of amides is 1. The van der Waals surface area contributed by atoms with Crippen LogP contribution in [-0.2, 0) is 4.79 Å². The van der Waals surface area contributed by atoms with Crippen LogP contribution < -0.4 is 5.32 Å². The summed E-state index contributed by atoms with van der Waals surface area (Å²) in [7, 11) is 0. The van der Waals surface area contributed by atoms with Gasteiger partial charge in [-0.2, -0.15) is 0 Å². The number of nitrogens with zero attached hydrogens (tertiary/aromatic N) is 1. The van der Waals surface area contributed by atoms with E-state index in [1.165, 1.54) is 6.26 Å². The van der Waals surface area contributed by atoms with Crippen LogP contribution in [0.2, 0.25) is 0 Å². The van der Waals surface area contributed by atoms with Gasteiger partial charge in [0.2, 0.25) is 5.91 Å². The number of nitrogens with one attached hydrogen (secondary N) is 1. The lowest BCUT2D eigenvalue weighted by atomic mass is 10.1. The molecule has 0 bridgehead atoms. The normalized spacial score (nSPS) is 10.4. The predicted molar refractivity (Wildman–Crippen MR) is 49.2 cm³/mol. The molecule has 1 aromatic rings. The summed E-state index contributed by atoms with van der Waals surface area (Å²) < 4.78 is 4.58. The molecule has 1 rings (SSSR count). The highest BCUT2D eigenvalue weighted by molar-refractivity contribution is 5.89. The fourth-order valence-corrected chi connectivity index (χ4v) is 0.902. The average molecular weight is 182 g/mol. The van der Waals surface area contributed by atoms with Crippen LogP contribution in [0.4, 0.5) is 5.82 Å². The molecule has 13 heavy (non-hydrogen) atoms. The van der Waals surface area contributed by atoms with Gasteiger partial charge in [-0.25, -0.2) is 0 Å². The second-order valence-electron chi connectivity index (χ2n) is 3.37. The zero-order valence-electron chi connectivity index (χ0n) is 7.91. The first-order chi connectivity index (χ1) is 6.18. The van der Waals surface area contributed by atoms with Crippen molar-refractivity contribution < 1.29 is 9.32 Å². The SMILES string of the molecule is CC(C)CCC(=O)Nc1ccon1. The molecule has 0 aliphatic rings. The van der Waals surface area contributed by atoms with Crippen molar-refractivity contribution in [2.75, 3.05) is 5.32 Å². The van der Waals surface area contributed by atoms with Gasteiger partial charge >= 0.3 is 0 Å². The zero-order valence-corrected chi connectivity index (χ0v) is 7.91. The van der Waals surface area contributed by atoms with Gasteiger partial charge in [-0.15, -0.1) is 0 Å². The van der Waals surface area contributed by atoms with E-state index in [0.717, 1.165) is 6.42 Å². The van der Waals surface area contributed by atoms with E-state index in [1.54, 1.807) is 6.07 Å². The average Bonchev–Trinajstić information content (AvgIpc) is 2.53. The van der Waals surface area contributed by atoms with Crippen LogP contribution in [0.3, 0.4) is 0 Å². The lowest BCUT2D eigenvalue weighted by molar-refractivity contribution is -0.116. The Kier molecular flexibility index (Phi) is 3.49. The van der Waals surface area contributed by atoms with Gasteiger partial charge < -0.3 is 9.84 Å². The molecule has 0 saturated heterocycles. The van der Waals surface area contributed by atoms with Gasteiger partial charge in [-0.05, 0) is 12.3 Å². The van der Waals surface area contributed by atoms with Crippen LogP contribution in [-0.4, -0.2) is 11.1 Å². The summed E-state index contributed by atoms with van der Waals surface area (Å²) >= 11 is 0. The van der Waals surface area contributed by atoms with E-state index >= 15 is 0 Å². The van der Waals surface area contributed by atoms with Crippen LogP contribution in [0.15, 0.2) is 16.9 Å². The van der Waals surface area contributed by atoms with Crippen molar-refractivity contribution >= 4 is 11.7 Å². The highest BCUT2D eigenvalue weighted by Gasteiger charge is 2.04. The lowest BCUT2D eigenvalue weighted by Crippen LogP contribution is -2.12. The highest BCUT2D eigenvalue weighted by atomic mass is 16.5. The maximum Gasteiger partial charge on any atom is 0.225 e. The predicted octanol–water partition coefficient (Wildman–Crippen LogP) is 2.05. The monoisotopic (exact) mass is 182 g/mol. The summed E-state index contributed by atoms with van der Waals surface area (Å²) in [4.78, 5) is 11.2. The van der Waals surface area contributed by atoms with Crippen molar-refractivity contribution in [3.8, 4) is 0 Å². The van der Waals surface area contributed by atoms with Crippen molar-refractivity contribution in [3.05, 3.63) is 12.3 Å². The maximum absolute atomic E-state index is 11.2. The van der Waals surface area contributed by atoms with E-state index in [-0.39, 0.29) is 5.91 Å². The summed E-state index contributed by atoms with van der Waals surface area (Å²) in [5.41, 5.74) is 0.